The Morgan fingerprint density at radius 1 is 1.33 bits per heavy atom. The summed E-state index contributed by atoms with van der Waals surface area (Å²) in [5.74, 6) is -0.945. The van der Waals surface area contributed by atoms with Crippen LogP contribution in [0.15, 0.2) is 29.4 Å². The summed E-state index contributed by atoms with van der Waals surface area (Å²) >= 11 is 0. The number of hydrogen-bond acceptors (Lipinski definition) is 6. The van der Waals surface area contributed by atoms with Gasteiger partial charge in [-0.25, -0.2) is 13.4 Å². The van der Waals surface area contributed by atoms with Crippen LogP contribution in [0, 0.1) is 5.92 Å². The summed E-state index contributed by atoms with van der Waals surface area (Å²) in [6.45, 7) is 1.40. The van der Waals surface area contributed by atoms with Gasteiger partial charge in [-0.15, -0.1) is 0 Å². The quantitative estimate of drug-likeness (QED) is 0.654. The van der Waals surface area contributed by atoms with Crippen molar-refractivity contribution in [2.45, 2.75) is 43.7 Å². The van der Waals surface area contributed by atoms with Gasteiger partial charge >= 0.3 is 0 Å². The number of ketones is 1. The molecule has 1 fully saturated rings. The summed E-state index contributed by atoms with van der Waals surface area (Å²) in [6.07, 6.45) is 2.39. The molecule has 3 N–H and O–H groups in total. The minimum absolute atomic E-state index is 0.0362. The Labute approximate surface area is 158 Å². The van der Waals surface area contributed by atoms with Crippen molar-refractivity contribution in [3.63, 3.8) is 0 Å². The standard InChI is InChI=1S/C17H23N4O5S/c1-12(17(18)24)7-8-15(23)20-13-5-4-10-21(11-14(13)22)27(25,26)16-6-2-3-9-19-16/h2-3,6,9,13H,4-5,7-8,10-11H2,1H3,(H2,18,24)(H,20,23)/t13-/m0/s1. The van der Waals surface area contributed by atoms with Crippen molar-refractivity contribution >= 4 is 27.6 Å². The first-order chi connectivity index (χ1) is 12.7. The zero-order chi connectivity index (χ0) is 20.0. The molecular weight excluding hydrogens is 372 g/mol. The Bertz CT molecular complexity index is 797. The van der Waals surface area contributed by atoms with Gasteiger partial charge in [0.15, 0.2) is 10.8 Å². The highest BCUT2D eigenvalue weighted by molar-refractivity contribution is 7.89. The zero-order valence-electron chi connectivity index (χ0n) is 15.1. The van der Waals surface area contributed by atoms with Gasteiger partial charge in [0.25, 0.3) is 10.0 Å². The van der Waals surface area contributed by atoms with E-state index in [2.05, 4.69) is 10.3 Å². The molecule has 1 aromatic heterocycles. The number of rotatable bonds is 7. The van der Waals surface area contributed by atoms with E-state index >= 15 is 0 Å². The average molecular weight is 395 g/mol. The number of carbonyl (C=O) groups excluding carboxylic acids is 3. The molecule has 147 valence electrons. The smallest absolute Gasteiger partial charge is 0.260 e. The molecule has 0 saturated carbocycles. The number of hydrogen-bond donors (Lipinski definition) is 2. The second kappa shape index (κ2) is 9.05. The van der Waals surface area contributed by atoms with Crippen molar-refractivity contribution in [3.8, 4) is 0 Å². The zero-order valence-corrected chi connectivity index (χ0v) is 15.9. The normalized spacial score (nSPS) is 18.9. The molecule has 9 nitrogen and oxygen atoms in total. The number of nitrogens with zero attached hydrogens (tertiary/aromatic N) is 2. The summed E-state index contributed by atoms with van der Waals surface area (Å²) in [5.41, 5.74) is 5.12. The van der Waals surface area contributed by atoms with E-state index in [0.29, 0.717) is 18.8 Å². The van der Waals surface area contributed by atoms with Crippen LogP contribution in [-0.4, -0.2) is 54.4 Å². The number of Topliss-reactive ketones (excluding diaryl/α,β-unsaturated/α-hetero) is 1. The third kappa shape index (κ3) is 5.57. The summed E-state index contributed by atoms with van der Waals surface area (Å²) in [6, 6.07) is 3.79. The Hall–Kier alpha value is -2.33. The Morgan fingerprint density at radius 3 is 2.70 bits per heavy atom. The van der Waals surface area contributed by atoms with Gasteiger partial charge in [0.05, 0.1) is 18.5 Å². The van der Waals surface area contributed by atoms with Crippen LogP contribution in [0.25, 0.3) is 0 Å². The number of sulfonamides is 1. The molecule has 0 aliphatic carbocycles. The first kappa shape index (κ1) is 21.0. The van der Waals surface area contributed by atoms with Crippen LogP contribution in [0.2, 0.25) is 0 Å². The fourth-order valence-corrected chi connectivity index (χ4v) is 4.05. The second-order valence-electron chi connectivity index (χ2n) is 6.38. The number of pyridine rings is 1. The molecule has 1 aliphatic rings. The van der Waals surface area contributed by atoms with E-state index in [0.717, 1.165) is 4.31 Å². The Morgan fingerprint density at radius 2 is 2.07 bits per heavy atom. The highest BCUT2D eigenvalue weighted by atomic mass is 32.2. The molecule has 1 aliphatic heterocycles. The first-order valence-electron chi connectivity index (χ1n) is 8.57. The largest absolute Gasteiger partial charge is 0.369 e. The monoisotopic (exact) mass is 395 g/mol. The molecule has 2 rings (SSSR count). The molecule has 2 amide bonds. The molecule has 1 aromatic rings. The molecule has 10 heteroatoms. The summed E-state index contributed by atoms with van der Waals surface area (Å²) < 4.78 is 26.4. The van der Waals surface area contributed by atoms with Crippen LogP contribution in [-0.2, 0) is 24.4 Å². The van der Waals surface area contributed by atoms with Crippen LogP contribution < -0.4 is 11.1 Å². The van der Waals surface area contributed by atoms with Crippen LogP contribution >= 0.6 is 0 Å². The number of nitrogens with one attached hydrogen (secondary N) is 1. The molecule has 0 spiro atoms. The van der Waals surface area contributed by atoms with Gasteiger partial charge in [0.1, 0.15) is 0 Å². The van der Waals surface area contributed by atoms with Gasteiger partial charge in [-0.1, -0.05) is 6.07 Å². The Balaban J connectivity index is 1.98. The van der Waals surface area contributed by atoms with Gasteiger partial charge < -0.3 is 11.1 Å². The van der Waals surface area contributed by atoms with E-state index in [9.17, 15) is 22.8 Å². The van der Waals surface area contributed by atoms with Gasteiger partial charge in [-0.2, -0.15) is 4.31 Å². The molecular formula is C17H23N4O5S. The lowest BCUT2D eigenvalue weighted by molar-refractivity contribution is -0.127. The maximum absolute atomic E-state index is 12.6. The van der Waals surface area contributed by atoms with Crippen LogP contribution in [0.5, 0.6) is 0 Å². The predicted molar refractivity (Wildman–Crippen MR) is 96.5 cm³/mol. The Kier molecular flexibility index (Phi) is 7.03. The van der Waals surface area contributed by atoms with Crippen molar-refractivity contribution in [2.75, 3.05) is 13.1 Å². The van der Waals surface area contributed by atoms with Crippen molar-refractivity contribution in [2.24, 2.45) is 5.73 Å². The predicted octanol–water partition coefficient (Wildman–Crippen LogP) is -0.220. The molecule has 27 heavy (non-hydrogen) atoms. The van der Waals surface area contributed by atoms with Crippen molar-refractivity contribution in [1.82, 2.24) is 14.6 Å². The fraction of sp³-hybridized carbons (Fsp3) is 0.471. The van der Waals surface area contributed by atoms with Crippen molar-refractivity contribution in [3.05, 3.63) is 30.3 Å². The molecule has 1 radical (unpaired) electrons. The van der Waals surface area contributed by atoms with Crippen LogP contribution in [0.1, 0.15) is 32.6 Å². The van der Waals surface area contributed by atoms with Crippen LogP contribution in [0.3, 0.4) is 0 Å². The third-order valence-corrected chi connectivity index (χ3v) is 6.11. The van der Waals surface area contributed by atoms with Gasteiger partial charge in [-0.05, 0) is 38.3 Å². The lowest BCUT2D eigenvalue weighted by Crippen LogP contribution is -2.44. The minimum Gasteiger partial charge on any atom is -0.369 e. The lowest BCUT2D eigenvalue weighted by atomic mass is 10.0. The number of amides is 2. The highest BCUT2D eigenvalue weighted by Crippen LogP contribution is 2.18. The van der Waals surface area contributed by atoms with E-state index in [1.807, 2.05) is 0 Å². The summed E-state index contributed by atoms with van der Waals surface area (Å²) in [4.78, 5) is 39.3. The molecule has 0 aromatic carbocycles. The lowest BCUT2D eigenvalue weighted by Gasteiger charge is -2.19. The van der Waals surface area contributed by atoms with E-state index in [1.165, 1.54) is 12.3 Å². The SMILES string of the molecule is C[C](CCC(=O)N[C@H]1CCCN(S(=O)(=O)c2ccccn2)CC1=O)C(N)=O. The number of nitrogens with two attached hydrogens (primary N) is 1. The van der Waals surface area contributed by atoms with E-state index in [4.69, 9.17) is 5.73 Å². The van der Waals surface area contributed by atoms with Crippen molar-refractivity contribution in [1.29, 1.82) is 0 Å². The summed E-state index contributed by atoms with van der Waals surface area (Å²) in [7, 11) is -3.87. The third-order valence-electron chi connectivity index (χ3n) is 4.35. The first-order valence-corrected chi connectivity index (χ1v) is 10.0. The molecule has 1 atom stereocenters. The molecule has 0 bridgehead atoms. The number of primary amides is 1. The van der Waals surface area contributed by atoms with Gasteiger partial charge in [0.2, 0.25) is 11.8 Å². The average Bonchev–Trinajstić information content (AvgIpc) is 2.82. The molecule has 0 unspecified atom stereocenters. The van der Waals surface area contributed by atoms with E-state index in [-0.39, 0.29) is 42.6 Å². The van der Waals surface area contributed by atoms with E-state index < -0.39 is 22.0 Å². The molecule has 2 heterocycles. The topological polar surface area (TPSA) is 140 Å². The minimum atomic E-state index is -3.87. The molecule has 1 saturated heterocycles. The number of carbonyl (C=O) groups is 3. The summed E-state index contributed by atoms with van der Waals surface area (Å²) in [5, 5.41) is 2.51. The highest BCUT2D eigenvalue weighted by Gasteiger charge is 2.33. The maximum Gasteiger partial charge on any atom is 0.260 e. The van der Waals surface area contributed by atoms with Crippen LogP contribution in [0.4, 0.5) is 0 Å². The van der Waals surface area contributed by atoms with Gasteiger partial charge in [0, 0.05) is 19.2 Å². The maximum atomic E-state index is 12.6. The number of aromatic nitrogens is 1. The van der Waals surface area contributed by atoms with Gasteiger partial charge in [-0.3, -0.25) is 14.4 Å². The van der Waals surface area contributed by atoms with Crippen molar-refractivity contribution < 1.29 is 22.8 Å². The second-order valence-corrected chi connectivity index (χ2v) is 8.26. The van der Waals surface area contributed by atoms with E-state index in [1.54, 1.807) is 19.1 Å². The fourth-order valence-electron chi connectivity index (χ4n) is 2.68.